The molecule has 19 heavy (non-hydrogen) atoms. The summed E-state index contributed by atoms with van der Waals surface area (Å²) in [6.07, 6.45) is -4.22. The number of methoxy groups -OCH3 is 1. The molecular formula is C13H19F3N2O. The first-order valence-electron chi connectivity index (χ1n) is 5.88. The number of nitrogens with zero attached hydrogens (tertiary/aromatic N) is 1. The van der Waals surface area contributed by atoms with Gasteiger partial charge in [0.1, 0.15) is 5.75 Å². The molecule has 1 aromatic carbocycles. The van der Waals surface area contributed by atoms with Gasteiger partial charge in [0.2, 0.25) is 0 Å². The molecule has 0 radical (unpaired) electrons. The molecule has 0 amide bonds. The Morgan fingerprint density at radius 3 is 2.53 bits per heavy atom. The third kappa shape index (κ3) is 5.08. The lowest BCUT2D eigenvalue weighted by Crippen LogP contribution is -2.36. The zero-order valence-corrected chi connectivity index (χ0v) is 11.3. The van der Waals surface area contributed by atoms with Gasteiger partial charge >= 0.3 is 6.18 Å². The van der Waals surface area contributed by atoms with Gasteiger partial charge in [0, 0.05) is 18.2 Å². The standard InChI is InChI=1S/C13H19F3N2O/c1-9-4-5-12(19-3)10(6-9)11(17)7-18(2)8-13(14,15)16/h4-6,11H,7-8,17H2,1-3H3. The van der Waals surface area contributed by atoms with Gasteiger partial charge in [-0.25, -0.2) is 0 Å². The summed E-state index contributed by atoms with van der Waals surface area (Å²) >= 11 is 0. The number of likely N-dealkylation sites (N-methyl/N-ethyl adjacent to an activating group) is 1. The van der Waals surface area contributed by atoms with Crippen LogP contribution in [0.5, 0.6) is 5.75 Å². The summed E-state index contributed by atoms with van der Waals surface area (Å²) in [5, 5.41) is 0. The summed E-state index contributed by atoms with van der Waals surface area (Å²) in [4.78, 5) is 1.16. The van der Waals surface area contributed by atoms with Crippen molar-refractivity contribution in [2.24, 2.45) is 5.73 Å². The number of ether oxygens (including phenoxy) is 1. The smallest absolute Gasteiger partial charge is 0.401 e. The van der Waals surface area contributed by atoms with Crippen molar-refractivity contribution in [2.75, 3.05) is 27.2 Å². The van der Waals surface area contributed by atoms with E-state index in [0.29, 0.717) is 5.75 Å². The van der Waals surface area contributed by atoms with Crippen molar-refractivity contribution in [3.63, 3.8) is 0 Å². The molecule has 2 N–H and O–H groups in total. The van der Waals surface area contributed by atoms with E-state index >= 15 is 0 Å². The van der Waals surface area contributed by atoms with Gasteiger partial charge in [-0.15, -0.1) is 0 Å². The summed E-state index contributed by atoms with van der Waals surface area (Å²) in [7, 11) is 2.91. The highest BCUT2D eigenvalue weighted by Crippen LogP contribution is 2.26. The highest BCUT2D eigenvalue weighted by Gasteiger charge is 2.30. The normalized spacial score (nSPS) is 13.7. The molecule has 0 fully saturated rings. The Bertz CT molecular complexity index is 421. The van der Waals surface area contributed by atoms with Gasteiger partial charge in [-0.2, -0.15) is 13.2 Å². The predicted molar refractivity (Wildman–Crippen MR) is 68.2 cm³/mol. The number of alkyl halides is 3. The van der Waals surface area contributed by atoms with Crippen molar-refractivity contribution in [2.45, 2.75) is 19.1 Å². The number of hydrogen-bond acceptors (Lipinski definition) is 3. The maximum Gasteiger partial charge on any atom is 0.401 e. The van der Waals surface area contributed by atoms with E-state index in [-0.39, 0.29) is 6.54 Å². The Morgan fingerprint density at radius 2 is 2.00 bits per heavy atom. The molecule has 0 saturated carbocycles. The van der Waals surface area contributed by atoms with Crippen molar-refractivity contribution < 1.29 is 17.9 Å². The number of rotatable bonds is 5. The molecule has 0 aromatic heterocycles. The first-order valence-corrected chi connectivity index (χ1v) is 5.88. The zero-order valence-electron chi connectivity index (χ0n) is 11.3. The van der Waals surface area contributed by atoms with Crippen LogP contribution in [-0.2, 0) is 0 Å². The van der Waals surface area contributed by atoms with E-state index in [1.807, 2.05) is 19.1 Å². The van der Waals surface area contributed by atoms with Crippen molar-refractivity contribution >= 4 is 0 Å². The molecule has 1 rings (SSSR count). The number of nitrogens with two attached hydrogens (primary N) is 1. The van der Waals surface area contributed by atoms with Crippen molar-refractivity contribution in [1.29, 1.82) is 0 Å². The molecule has 108 valence electrons. The molecule has 1 aromatic rings. The van der Waals surface area contributed by atoms with Crippen molar-refractivity contribution in [3.8, 4) is 5.75 Å². The van der Waals surface area contributed by atoms with Gasteiger partial charge in [0.05, 0.1) is 13.7 Å². The van der Waals surface area contributed by atoms with Crippen LogP contribution in [0.15, 0.2) is 18.2 Å². The van der Waals surface area contributed by atoms with Gasteiger partial charge < -0.3 is 10.5 Å². The van der Waals surface area contributed by atoms with Crippen molar-refractivity contribution in [3.05, 3.63) is 29.3 Å². The molecule has 6 heteroatoms. The van der Waals surface area contributed by atoms with Crippen LogP contribution in [0.1, 0.15) is 17.2 Å². The van der Waals surface area contributed by atoms with Gasteiger partial charge in [-0.1, -0.05) is 17.7 Å². The number of hydrogen-bond donors (Lipinski definition) is 1. The van der Waals surface area contributed by atoms with Gasteiger partial charge in [0.15, 0.2) is 0 Å². The largest absolute Gasteiger partial charge is 0.496 e. The Balaban J connectivity index is 2.77. The van der Waals surface area contributed by atoms with Crippen LogP contribution in [0.3, 0.4) is 0 Å². The summed E-state index contributed by atoms with van der Waals surface area (Å²) in [5.41, 5.74) is 7.68. The summed E-state index contributed by atoms with van der Waals surface area (Å²) in [6, 6.07) is 4.95. The summed E-state index contributed by atoms with van der Waals surface area (Å²) in [6.45, 7) is 1.03. The molecule has 0 spiro atoms. The second kappa shape index (κ2) is 6.25. The quantitative estimate of drug-likeness (QED) is 0.898. The lowest BCUT2D eigenvalue weighted by atomic mass is 10.0. The number of benzene rings is 1. The fourth-order valence-electron chi connectivity index (χ4n) is 1.95. The SMILES string of the molecule is COc1ccc(C)cc1C(N)CN(C)CC(F)(F)F. The third-order valence-electron chi connectivity index (χ3n) is 2.74. The van der Waals surface area contributed by atoms with E-state index in [0.717, 1.165) is 16.0 Å². The van der Waals surface area contributed by atoms with E-state index < -0.39 is 18.8 Å². The molecule has 0 aliphatic carbocycles. The average molecular weight is 276 g/mol. The molecule has 0 bridgehead atoms. The predicted octanol–water partition coefficient (Wildman–Crippen LogP) is 2.50. The third-order valence-corrected chi connectivity index (χ3v) is 2.74. The topological polar surface area (TPSA) is 38.5 Å². The Hall–Kier alpha value is -1.27. The van der Waals surface area contributed by atoms with Crippen LogP contribution in [0.4, 0.5) is 13.2 Å². The van der Waals surface area contributed by atoms with E-state index in [1.54, 1.807) is 6.07 Å². The van der Waals surface area contributed by atoms with Gasteiger partial charge in [-0.05, 0) is 20.0 Å². The molecular weight excluding hydrogens is 257 g/mol. The van der Waals surface area contributed by atoms with Crippen LogP contribution >= 0.6 is 0 Å². The second-order valence-corrected chi connectivity index (χ2v) is 4.66. The first-order chi connectivity index (χ1) is 8.73. The van der Waals surface area contributed by atoms with E-state index in [1.165, 1.54) is 14.2 Å². The van der Waals surface area contributed by atoms with Crippen LogP contribution in [0.25, 0.3) is 0 Å². The molecule has 0 saturated heterocycles. The van der Waals surface area contributed by atoms with E-state index in [2.05, 4.69) is 0 Å². The van der Waals surface area contributed by atoms with Crippen LogP contribution in [0, 0.1) is 6.92 Å². The average Bonchev–Trinajstić information content (AvgIpc) is 2.26. The Morgan fingerprint density at radius 1 is 1.37 bits per heavy atom. The van der Waals surface area contributed by atoms with Crippen LogP contribution < -0.4 is 10.5 Å². The molecule has 1 unspecified atom stereocenters. The molecule has 0 aliphatic rings. The summed E-state index contributed by atoms with van der Waals surface area (Å²) in [5.74, 6) is 0.596. The molecule has 1 atom stereocenters. The maximum absolute atomic E-state index is 12.3. The minimum Gasteiger partial charge on any atom is -0.496 e. The van der Waals surface area contributed by atoms with Gasteiger partial charge in [0.25, 0.3) is 0 Å². The number of aryl methyl sites for hydroxylation is 1. The lowest BCUT2D eigenvalue weighted by Gasteiger charge is -2.23. The Labute approximate surface area is 111 Å². The highest BCUT2D eigenvalue weighted by atomic mass is 19.4. The first kappa shape index (κ1) is 15.8. The minimum absolute atomic E-state index is 0.110. The van der Waals surface area contributed by atoms with E-state index in [4.69, 9.17) is 10.5 Å². The van der Waals surface area contributed by atoms with E-state index in [9.17, 15) is 13.2 Å². The molecule has 0 heterocycles. The zero-order chi connectivity index (χ0) is 14.6. The van der Waals surface area contributed by atoms with Crippen LogP contribution in [-0.4, -0.2) is 38.3 Å². The molecule has 0 aliphatic heterocycles. The monoisotopic (exact) mass is 276 g/mol. The fourth-order valence-corrected chi connectivity index (χ4v) is 1.95. The van der Waals surface area contributed by atoms with Crippen molar-refractivity contribution in [1.82, 2.24) is 4.90 Å². The maximum atomic E-state index is 12.3. The second-order valence-electron chi connectivity index (χ2n) is 4.66. The molecule has 3 nitrogen and oxygen atoms in total. The Kier molecular flexibility index (Phi) is 5.20. The fraction of sp³-hybridized carbons (Fsp3) is 0.538. The lowest BCUT2D eigenvalue weighted by molar-refractivity contribution is -0.143. The number of halogens is 3. The summed E-state index contributed by atoms with van der Waals surface area (Å²) < 4.78 is 42.0. The van der Waals surface area contributed by atoms with Gasteiger partial charge in [-0.3, -0.25) is 4.90 Å². The minimum atomic E-state index is -4.22. The highest BCUT2D eigenvalue weighted by molar-refractivity contribution is 5.39. The van der Waals surface area contributed by atoms with Crippen LogP contribution in [0.2, 0.25) is 0 Å².